The van der Waals surface area contributed by atoms with E-state index in [-0.39, 0.29) is 24.8 Å². The Labute approximate surface area is 313 Å². The van der Waals surface area contributed by atoms with Gasteiger partial charge in [0.05, 0.1) is 41.5 Å². The second-order valence-corrected chi connectivity index (χ2v) is 18.2. The molecule has 0 radical (unpaired) electrons. The number of aryl methyl sites for hydroxylation is 1. The van der Waals surface area contributed by atoms with Gasteiger partial charge in [0, 0.05) is 53.3 Å². The molecule has 1 aromatic heterocycles. The minimum Gasteiger partial charge on any atom is -0.395 e. The third-order valence-corrected chi connectivity index (χ3v) is 13.2. The van der Waals surface area contributed by atoms with Gasteiger partial charge < -0.3 is 18.9 Å². The molecule has 1 N–H and O–H groups in total. The average Bonchev–Trinajstić information content (AvgIpc) is 3.82. The van der Waals surface area contributed by atoms with E-state index in [0.29, 0.717) is 46.8 Å². The van der Waals surface area contributed by atoms with E-state index in [0.717, 1.165) is 12.0 Å². The lowest BCUT2D eigenvalue weighted by molar-refractivity contribution is -0.385. The first-order valence-corrected chi connectivity index (χ1v) is 20.8. The predicted molar refractivity (Wildman–Crippen MR) is 203 cm³/mol. The number of hydrogen-bond acceptors (Lipinski definition) is 8. The van der Waals surface area contributed by atoms with Crippen molar-refractivity contribution in [2.24, 2.45) is 5.92 Å². The van der Waals surface area contributed by atoms with E-state index < -0.39 is 42.4 Å². The molecule has 0 aliphatic carbocycles. The number of aliphatic hydroxyl groups is 1. The van der Waals surface area contributed by atoms with Crippen LogP contribution >= 0.6 is 0 Å². The normalized spacial score (nSPS) is 21.3. The topological polar surface area (TPSA) is 144 Å². The Morgan fingerprint density at radius 3 is 2.41 bits per heavy atom. The average molecular weight is 749 g/mol. The minimum absolute atomic E-state index is 0.0811. The van der Waals surface area contributed by atoms with E-state index in [2.05, 4.69) is 10.3 Å². The van der Waals surface area contributed by atoms with Gasteiger partial charge in [0.2, 0.25) is 14.8 Å². The molecule has 278 valence electrons. The van der Waals surface area contributed by atoms with Crippen LogP contribution in [0.1, 0.15) is 41.6 Å². The number of hydrogen-bond donors (Lipinski definition) is 1. The number of benzene rings is 4. The van der Waals surface area contributed by atoms with E-state index in [1.54, 1.807) is 47.1 Å². The number of non-ortho nitro benzene ring substituents is 1. The van der Waals surface area contributed by atoms with Gasteiger partial charge in [-0.05, 0) is 61.0 Å². The highest BCUT2D eigenvalue weighted by atomic mass is 28.4. The third-order valence-electron chi connectivity index (χ3n) is 10.8. The van der Waals surface area contributed by atoms with E-state index in [1.807, 2.05) is 79.7 Å². The number of nitro benzene ring substituents is 1. The SMILES string of the molecule is C[C@@H]1[C@@H]([Si](C)(C)F)[C@H](CCn2cc(C(CO)c3ccccc3)nn2)O[C@@]12C(=O)N(Cc1cccc(N(C=O)c3ccccc3)c1)c1ccc([N+](=O)[O-])cc12. The Kier molecular flexibility index (Phi) is 10.0. The van der Waals surface area contributed by atoms with Crippen LogP contribution in [0.5, 0.6) is 0 Å². The zero-order valence-electron chi connectivity index (χ0n) is 30.2. The number of carbonyl (C=O) groups is 2. The van der Waals surface area contributed by atoms with E-state index in [9.17, 15) is 24.8 Å². The summed E-state index contributed by atoms with van der Waals surface area (Å²) in [5, 5.41) is 30.8. The van der Waals surface area contributed by atoms with Gasteiger partial charge in [-0.1, -0.05) is 72.8 Å². The Bertz CT molecular complexity index is 2170. The highest BCUT2D eigenvalue weighted by Gasteiger charge is 2.67. The van der Waals surface area contributed by atoms with Crippen LogP contribution in [0.25, 0.3) is 0 Å². The fourth-order valence-electron chi connectivity index (χ4n) is 8.32. The number of rotatable bonds is 13. The molecule has 14 heteroatoms. The predicted octanol–water partition coefficient (Wildman–Crippen LogP) is 7.02. The first-order chi connectivity index (χ1) is 26.0. The molecule has 2 aliphatic rings. The number of nitrogens with zero attached hydrogens (tertiary/aromatic N) is 6. The molecule has 12 nitrogen and oxygen atoms in total. The fraction of sp³-hybridized carbons (Fsp3) is 0.300. The molecule has 0 saturated carbocycles. The molecule has 1 fully saturated rings. The van der Waals surface area contributed by atoms with Crippen LogP contribution in [0.15, 0.2) is 109 Å². The number of halogens is 1. The van der Waals surface area contributed by atoms with E-state index in [4.69, 9.17) is 4.74 Å². The van der Waals surface area contributed by atoms with Crippen molar-refractivity contribution in [3.8, 4) is 0 Å². The quantitative estimate of drug-likeness (QED) is 0.0445. The molecule has 3 heterocycles. The number of amides is 2. The second kappa shape index (κ2) is 14.7. The van der Waals surface area contributed by atoms with Crippen LogP contribution in [-0.4, -0.2) is 58.5 Å². The van der Waals surface area contributed by atoms with Gasteiger partial charge in [0.25, 0.3) is 11.6 Å². The summed E-state index contributed by atoms with van der Waals surface area (Å²) < 4.78 is 24.9. The van der Waals surface area contributed by atoms with Crippen LogP contribution in [0.3, 0.4) is 0 Å². The first kappa shape index (κ1) is 36.8. The lowest BCUT2D eigenvalue weighted by atomic mass is 9.82. The number of fused-ring (bicyclic) bond motifs is 2. The number of aliphatic hydroxyl groups excluding tert-OH is 1. The summed E-state index contributed by atoms with van der Waals surface area (Å²) in [6.45, 7) is 5.24. The molecule has 0 bridgehead atoms. The number of para-hydroxylation sites is 1. The van der Waals surface area contributed by atoms with Gasteiger partial charge in [-0.25, -0.2) is 0 Å². The van der Waals surface area contributed by atoms with Crippen molar-refractivity contribution in [3.63, 3.8) is 0 Å². The highest BCUT2D eigenvalue weighted by molar-refractivity contribution is 6.72. The standard InChI is InChI=1S/C40H41FN6O6Si/c1-27-38(54(2,3)41)37(19-20-44-24-35(42-43-44)33(25-48)29-12-6-4-7-13-29)53-40(27)34-22-32(47(51)52)17-18-36(34)45(39(40)50)23-28-11-10-16-31(21-28)46(26-49)30-14-8-5-9-15-30/h4-18,21-22,24,26-27,33,37-38,48H,19-20,23,25H2,1-3H3/t27-,33?,37+,38-,40+/m1/s1. The Morgan fingerprint density at radius 1 is 1.04 bits per heavy atom. The summed E-state index contributed by atoms with van der Waals surface area (Å²) in [4.78, 5) is 41.7. The zero-order chi connectivity index (χ0) is 38.2. The molecule has 4 aromatic carbocycles. The highest BCUT2D eigenvalue weighted by Crippen LogP contribution is 2.60. The van der Waals surface area contributed by atoms with Crippen molar-refractivity contribution in [1.82, 2.24) is 15.0 Å². The number of anilines is 3. The van der Waals surface area contributed by atoms with Crippen LogP contribution in [0.4, 0.5) is 26.9 Å². The van der Waals surface area contributed by atoms with Gasteiger partial charge in [0.15, 0.2) is 5.60 Å². The molecule has 54 heavy (non-hydrogen) atoms. The Morgan fingerprint density at radius 2 is 1.74 bits per heavy atom. The van der Waals surface area contributed by atoms with Crippen LogP contribution in [0.2, 0.25) is 18.6 Å². The van der Waals surface area contributed by atoms with Gasteiger partial charge in [-0.3, -0.25) is 29.3 Å². The van der Waals surface area contributed by atoms with Crippen LogP contribution < -0.4 is 9.80 Å². The Hall–Kier alpha value is -5.57. The summed E-state index contributed by atoms with van der Waals surface area (Å²) in [5.74, 6) is -1.45. The number of ether oxygens (including phenoxy) is 1. The largest absolute Gasteiger partial charge is 0.395 e. The van der Waals surface area contributed by atoms with Gasteiger partial charge in [-0.2, -0.15) is 0 Å². The molecule has 2 amide bonds. The number of carbonyl (C=O) groups excluding carboxylic acids is 2. The lowest BCUT2D eigenvalue weighted by Gasteiger charge is -2.31. The van der Waals surface area contributed by atoms with Gasteiger partial charge in [-0.15, -0.1) is 5.10 Å². The molecule has 2 aliphatic heterocycles. The molecular weight excluding hydrogens is 708 g/mol. The molecule has 5 aromatic rings. The summed E-state index contributed by atoms with van der Waals surface area (Å²) in [5.41, 5.74) is 1.75. The monoisotopic (exact) mass is 748 g/mol. The van der Waals surface area contributed by atoms with E-state index in [1.165, 1.54) is 17.0 Å². The zero-order valence-corrected chi connectivity index (χ0v) is 31.2. The van der Waals surface area contributed by atoms with E-state index >= 15 is 4.11 Å². The fourth-order valence-corrected chi connectivity index (χ4v) is 10.9. The van der Waals surface area contributed by atoms with Crippen molar-refractivity contribution in [1.29, 1.82) is 0 Å². The van der Waals surface area contributed by atoms with Crippen molar-refractivity contribution >= 4 is 43.5 Å². The van der Waals surface area contributed by atoms with Crippen molar-refractivity contribution in [3.05, 3.63) is 142 Å². The first-order valence-electron chi connectivity index (χ1n) is 17.9. The lowest BCUT2D eigenvalue weighted by Crippen LogP contribution is -2.45. The second-order valence-electron chi connectivity index (χ2n) is 14.4. The molecule has 1 spiro atoms. The smallest absolute Gasteiger partial charge is 0.269 e. The maximum absolute atomic E-state index is 16.5. The summed E-state index contributed by atoms with van der Waals surface area (Å²) in [6, 6.07) is 30.2. The molecule has 7 rings (SSSR count). The third kappa shape index (κ3) is 6.61. The van der Waals surface area contributed by atoms with Crippen molar-refractivity contribution < 1.29 is 28.5 Å². The van der Waals surface area contributed by atoms with Crippen LogP contribution in [-0.2, 0) is 33.0 Å². The maximum atomic E-state index is 16.5. The molecular formula is C40H41FN6O6Si. The molecule has 1 unspecified atom stereocenters. The number of nitro groups is 1. The molecule has 5 atom stereocenters. The summed E-state index contributed by atoms with van der Waals surface area (Å²) >= 11 is 0. The summed E-state index contributed by atoms with van der Waals surface area (Å²) in [6.07, 6.45) is 2.07. The van der Waals surface area contributed by atoms with Gasteiger partial charge in [0.1, 0.15) is 0 Å². The van der Waals surface area contributed by atoms with Gasteiger partial charge >= 0.3 is 0 Å². The van der Waals surface area contributed by atoms with Crippen molar-refractivity contribution in [2.45, 2.75) is 62.7 Å². The summed E-state index contributed by atoms with van der Waals surface area (Å²) in [7, 11) is -3.53. The maximum Gasteiger partial charge on any atom is 0.269 e. The minimum atomic E-state index is -3.53. The van der Waals surface area contributed by atoms with Crippen molar-refractivity contribution in [2.75, 3.05) is 16.4 Å². The van der Waals surface area contributed by atoms with Crippen LogP contribution in [0, 0.1) is 16.0 Å². The molecule has 1 saturated heterocycles. The Balaban J connectivity index is 1.21. The number of aromatic nitrogens is 3.